The van der Waals surface area contributed by atoms with Crippen molar-refractivity contribution < 1.29 is 4.79 Å². The zero-order chi connectivity index (χ0) is 16.5. The number of aromatic nitrogens is 2. The number of fused-ring (bicyclic) bond motifs is 1. The van der Waals surface area contributed by atoms with E-state index in [1.807, 2.05) is 42.5 Å². The van der Waals surface area contributed by atoms with Crippen LogP contribution in [-0.4, -0.2) is 20.8 Å². The molecule has 0 atom stereocenters. The molecule has 0 N–H and O–H groups in total. The van der Waals surface area contributed by atoms with Crippen molar-refractivity contribution in [3.63, 3.8) is 0 Å². The summed E-state index contributed by atoms with van der Waals surface area (Å²) in [6.45, 7) is 1.05. The summed E-state index contributed by atoms with van der Waals surface area (Å²) in [6.07, 6.45) is 5.16. The molecule has 4 nitrogen and oxygen atoms in total. The highest BCUT2D eigenvalue weighted by Gasteiger charge is 2.28. The second-order valence-electron chi connectivity index (χ2n) is 5.71. The number of hydrogen-bond donors (Lipinski definition) is 0. The molecule has 0 saturated heterocycles. The Morgan fingerprint density at radius 1 is 1.04 bits per heavy atom. The van der Waals surface area contributed by atoms with Gasteiger partial charge in [0.15, 0.2) is 0 Å². The van der Waals surface area contributed by atoms with Crippen molar-refractivity contribution in [2.24, 2.45) is 0 Å². The van der Waals surface area contributed by atoms with Gasteiger partial charge in [-0.15, -0.1) is 0 Å². The first-order chi connectivity index (χ1) is 11.7. The number of carbonyl (C=O) groups excluding carboxylic acids is 1. The third kappa shape index (κ3) is 2.65. The fraction of sp³-hybridized carbons (Fsp3) is 0.105. The maximum atomic E-state index is 12.4. The van der Waals surface area contributed by atoms with E-state index in [1.54, 1.807) is 23.5 Å². The lowest BCUT2D eigenvalue weighted by atomic mass is 10.0. The van der Waals surface area contributed by atoms with E-state index in [-0.39, 0.29) is 5.91 Å². The highest BCUT2D eigenvalue weighted by molar-refractivity contribution is 6.31. The molecule has 3 aromatic rings. The van der Waals surface area contributed by atoms with E-state index in [0.717, 1.165) is 22.3 Å². The zero-order valence-electron chi connectivity index (χ0n) is 12.8. The molecule has 1 aliphatic heterocycles. The minimum atomic E-state index is -0.0418. The number of pyridine rings is 2. The lowest BCUT2D eigenvalue weighted by Crippen LogP contribution is -2.23. The van der Waals surface area contributed by atoms with Crippen molar-refractivity contribution in [2.45, 2.75) is 13.1 Å². The van der Waals surface area contributed by atoms with Gasteiger partial charge in [0.2, 0.25) is 0 Å². The molecular formula is C19H14ClN3O. The standard InChI is InChI=1S/C19H14ClN3O/c20-17-10-14(13-5-8-21-9-6-13)3-4-15(17)11-23-12-16-2-1-7-22-18(16)19(23)24/h1-10H,11-12H2. The quantitative estimate of drug-likeness (QED) is 0.728. The molecule has 2 aromatic heterocycles. The first-order valence-corrected chi connectivity index (χ1v) is 8.02. The van der Waals surface area contributed by atoms with Crippen molar-refractivity contribution in [1.82, 2.24) is 14.9 Å². The molecular weight excluding hydrogens is 322 g/mol. The maximum Gasteiger partial charge on any atom is 0.273 e. The molecule has 0 fully saturated rings. The van der Waals surface area contributed by atoms with Gasteiger partial charge in [0, 0.05) is 42.3 Å². The number of hydrogen-bond acceptors (Lipinski definition) is 3. The van der Waals surface area contributed by atoms with Crippen molar-refractivity contribution >= 4 is 17.5 Å². The van der Waals surface area contributed by atoms with Gasteiger partial charge in [0.1, 0.15) is 5.69 Å². The number of amides is 1. The Hall–Kier alpha value is -2.72. The topological polar surface area (TPSA) is 46.1 Å². The second kappa shape index (κ2) is 6.06. The number of benzene rings is 1. The molecule has 0 unspecified atom stereocenters. The summed E-state index contributed by atoms with van der Waals surface area (Å²) in [7, 11) is 0. The summed E-state index contributed by atoms with van der Waals surface area (Å²) in [4.78, 5) is 22.4. The molecule has 1 aliphatic rings. The van der Waals surface area contributed by atoms with E-state index in [9.17, 15) is 4.79 Å². The Kier molecular flexibility index (Phi) is 3.75. The second-order valence-corrected chi connectivity index (χ2v) is 6.12. The van der Waals surface area contributed by atoms with Gasteiger partial charge in [-0.3, -0.25) is 14.8 Å². The van der Waals surface area contributed by atoms with E-state index in [4.69, 9.17) is 11.6 Å². The van der Waals surface area contributed by atoms with Gasteiger partial charge in [-0.25, -0.2) is 0 Å². The van der Waals surface area contributed by atoms with Crippen LogP contribution in [0, 0.1) is 0 Å². The smallest absolute Gasteiger partial charge is 0.273 e. The van der Waals surface area contributed by atoms with Crippen molar-refractivity contribution in [1.29, 1.82) is 0 Å². The van der Waals surface area contributed by atoms with E-state index < -0.39 is 0 Å². The van der Waals surface area contributed by atoms with Crippen LogP contribution in [0.2, 0.25) is 5.02 Å². The van der Waals surface area contributed by atoms with Gasteiger partial charge in [0.05, 0.1) is 0 Å². The van der Waals surface area contributed by atoms with Gasteiger partial charge in [-0.1, -0.05) is 29.8 Å². The predicted molar refractivity (Wildman–Crippen MR) is 92.5 cm³/mol. The van der Waals surface area contributed by atoms with Crippen LogP contribution < -0.4 is 0 Å². The van der Waals surface area contributed by atoms with E-state index in [1.165, 1.54) is 0 Å². The predicted octanol–water partition coefficient (Wildman–Crippen LogP) is 3.95. The minimum Gasteiger partial charge on any atom is -0.329 e. The van der Waals surface area contributed by atoms with Crippen LogP contribution in [0.5, 0.6) is 0 Å². The molecule has 3 heterocycles. The summed E-state index contributed by atoms with van der Waals surface area (Å²) in [5.41, 5.74) is 4.53. The third-order valence-corrected chi connectivity index (χ3v) is 4.52. The summed E-state index contributed by atoms with van der Waals surface area (Å²) in [6, 6.07) is 13.6. The number of halogens is 1. The Bertz CT molecular complexity index is 911. The molecule has 1 aromatic carbocycles. The van der Waals surface area contributed by atoms with Crippen LogP contribution in [0.1, 0.15) is 21.6 Å². The lowest BCUT2D eigenvalue weighted by molar-refractivity contribution is 0.0762. The monoisotopic (exact) mass is 335 g/mol. The molecule has 118 valence electrons. The average Bonchev–Trinajstić information content (AvgIpc) is 2.94. The molecule has 0 aliphatic carbocycles. The first-order valence-electron chi connectivity index (χ1n) is 7.64. The molecule has 24 heavy (non-hydrogen) atoms. The molecule has 5 heteroatoms. The normalized spacial score (nSPS) is 13.2. The fourth-order valence-electron chi connectivity index (χ4n) is 2.92. The van der Waals surface area contributed by atoms with Gasteiger partial charge in [0.25, 0.3) is 5.91 Å². The Labute approximate surface area is 144 Å². The van der Waals surface area contributed by atoms with Crippen LogP contribution in [0.15, 0.2) is 61.1 Å². The van der Waals surface area contributed by atoms with Crippen molar-refractivity contribution in [3.05, 3.63) is 82.9 Å². The highest BCUT2D eigenvalue weighted by atomic mass is 35.5. The number of carbonyl (C=O) groups is 1. The summed E-state index contributed by atoms with van der Waals surface area (Å²) < 4.78 is 0. The Balaban J connectivity index is 1.57. The van der Waals surface area contributed by atoms with Crippen LogP contribution >= 0.6 is 11.6 Å². The lowest BCUT2D eigenvalue weighted by Gasteiger charge is -2.17. The average molecular weight is 336 g/mol. The van der Waals surface area contributed by atoms with E-state index in [2.05, 4.69) is 9.97 Å². The van der Waals surface area contributed by atoms with E-state index in [0.29, 0.717) is 23.8 Å². The molecule has 0 radical (unpaired) electrons. The third-order valence-electron chi connectivity index (χ3n) is 4.17. The Morgan fingerprint density at radius 2 is 1.88 bits per heavy atom. The minimum absolute atomic E-state index is 0.0418. The SMILES string of the molecule is O=C1c2ncccc2CN1Cc1ccc(-c2ccncc2)cc1Cl. The maximum absolute atomic E-state index is 12.4. The summed E-state index contributed by atoms with van der Waals surface area (Å²) in [5, 5.41) is 0.654. The fourth-order valence-corrected chi connectivity index (χ4v) is 3.16. The van der Waals surface area contributed by atoms with Gasteiger partial charge < -0.3 is 4.90 Å². The van der Waals surface area contributed by atoms with Crippen LogP contribution in [0.4, 0.5) is 0 Å². The van der Waals surface area contributed by atoms with E-state index >= 15 is 0 Å². The van der Waals surface area contributed by atoms with Crippen molar-refractivity contribution in [2.75, 3.05) is 0 Å². The molecule has 0 bridgehead atoms. The largest absolute Gasteiger partial charge is 0.329 e. The molecule has 1 amide bonds. The zero-order valence-corrected chi connectivity index (χ0v) is 13.6. The number of nitrogens with zero attached hydrogens (tertiary/aromatic N) is 3. The summed E-state index contributed by atoms with van der Waals surface area (Å²) in [5.74, 6) is -0.0418. The summed E-state index contributed by atoms with van der Waals surface area (Å²) >= 11 is 6.45. The van der Waals surface area contributed by atoms with Crippen LogP contribution in [0.3, 0.4) is 0 Å². The van der Waals surface area contributed by atoms with Crippen LogP contribution in [0.25, 0.3) is 11.1 Å². The molecule has 4 rings (SSSR count). The van der Waals surface area contributed by atoms with Crippen LogP contribution in [-0.2, 0) is 13.1 Å². The highest BCUT2D eigenvalue weighted by Crippen LogP contribution is 2.28. The van der Waals surface area contributed by atoms with Gasteiger partial charge >= 0.3 is 0 Å². The van der Waals surface area contributed by atoms with Gasteiger partial charge in [-0.05, 0) is 41.0 Å². The van der Waals surface area contributed by atoms with Crippen molar-refractivity contribution in [3.8, 4) is 11.1 Å². The first kappa shape index (κ1) is 14.8. The number of rotatable bonds is 3. The molecule has 0 spiro atoms. The Morgan fingerprint density at radius 3 is 2.62 bits per heavy atom. The molecule has 0 saturated carbocycles. The van der Waals surface area contributed by atoms with Gasteiger partial charge in [-0.2, -0.15) is 0 Å².